The van der Waals surface area contributed by atoms with E-state index < -0.39 is 43.6 Å². The van der Waals surface area contributed by atoms with Gasteiger partial charge in [-0.25, -0.2) is 21.6 Å². The number of likely N-dealkylation sites (N-methyl/N-ethyl adjacent to an activating group) is 1. The van der Waals surface area contributed by atoms with Gasteiger partial charge in [0.25, 0.3) is 10.0 Å². The third-order valence-electron chi connectivity index (χ3n) is 3.55. The molecule has 0 fully saturated rings. The van der Waals surface area contributed by atoms with E-state index in [9.17, 15) is 21.6 Å². The fourth-order valence-corrected chi connectivity index (χ4v) is 7.46. The summed E-state index contributed by atoms with van der Waals surface area (Å²) in [5.74, 6) is -0.853. The molecule has 0 aromatic heterocycles. The molecule has 0 saturated carbocycles. The Morgan fingerprint density at radius 1 is 1.48 bits per heavy atom. The maximum absolute atomic E-state index is 12.4. The van der Waals surface area contributed by atoms with Crippen LogP contribution in [0, 0.1) is 0 Å². The molecule has 130 valence electrons. The Labute approximate surface area is 139 Å². The molecule has 0 saturated heterocycles. The molecule has 11 heteroatoms. The lowest BCUT2D eigenvalue weighted by Gasteiger charge is -2.23. The summed E-state index contributed by atoms with van der Waals surface area (Å²) in [7, 11) is -7.69. The van der Waals surface area contributed by atoms with Gasteiger partial charge in [0.15, 0.2) is 9.84 Å². The van der Waals surface area contributed by atoms with Crippen LogP contribution in [0.1, 0.15) is 20.3 Å². The number of amides is 1. The highest BCUT2D eigenvalue weighted by Crippen LogP contribution is 2.47. The highest BCUT2D eigenvalue weighted by atomic mass is 32.3. The summed E-state index contributed by atoms with van der Waals surface area (Å²) in [5, 5.41) is 2.48. The van der Waals surface area contributed by atoms with Gasteiger partial charge in [-0.3, -0.25) is 4.79 Å². The molecule has 0 unspecified atom stereocenters. The number of nitrogens with two attached hydrogens (primary N) is 1. The third kappa shape index (κ3) is 3.48. The fourth-order valence-electron chi connectivity index (χ4n) is 2.40. The number of hydrogen-bond acceptors (Lipinski definition) is 8. The summed E-state index contributed by atoms with van der Waals surface area (Å²) >= 11 is 0.671. The number of hydrogen-bond donors (Lipinski definition) is 3. The molecule has 2 heterocycles. The molecule has 0 aromatic carbocycles. The Hall–Kier alpha value is -0.880. The zero-order valence-electron chi connectivity index (χ0n) is 12.7. The second-order valence-corrected chi connectivity index (χ2v) is 10.8. The van der Waals surface area contributed by atoms with Crippen LogP contribution in [0.3, 0.4) is 0 Å². The van der Waals surface area contributed by atoms with Gasteiger partial charge in [-0.15, -0.1) is 0 Å². The van der Waals surface area contributed by atoms with Gasteiger partial charge in [-0.2, -0.15) is 0 Å². The molecule has 0 bridgehead atoms. The Balaban J connectivity index is 2.42. The van der Waals surface area contributed by atoms with Gasteiger partial charge in [-0.05, 0) is 31.5 Å². The third-order valence-corrected chi connectivity index (χ3v) is 9.36. The normalized spacial score (nSPS) is 26.7. The lowest BCUT2D eigenvalue weighted by atomic mass is 10.0. The maximum Gasteiger partial charge on any atom is 0.270 e. The summed E-state index contributed by atoms with van der Waals surface area (Å²) in [6, 6.07) is -0.490. The molecule has 23 heavy (non-hydrogen) atoms. The fraction of sp³-hybridized carbons (Fsp3) is 0.583. The quantitative estimate of drug-likeness (QED) is 0.573. The number of thioether (sulfide) groups is 1. The number of sulfone groups is 1. The van der Waals surface area contributed by atoms with Crippen molar-refractivity contribution in [3.8, 4) is 0 Å². The van der Waals surface area contributed by atoms with Gasteiger partial charge in [0.2, 0.25) is 5.91 Å². The van der Waals surface area contributed by atoms with Crippen LogP contribution in [-0.2, 0) is 24.7 Å². The molecule has 0 radical (unpaired) electrons. The zero-order chi connectivity index (χ0) is 17.4. The second kappa shape index (κ2) is 6.55. The van der Waals surface area contributed by atoms with Crippen LogP contribution in [0.15, 0.2) is 20.1 Å². The summed E-state index contributed by atoms with van der Waals surface area (Å²) in [5.41, 5.74) is 5.78. The van der Waals surface area contributed by atoms with Crippen molar-refractivity contribution in [1.29, 1.82) is 0 Å². The van der Waals surface area contributed by atoms with Crippen LogP contribution in [0.2, 0.25) is 0 Å². The predicted molar refractivity (Wildman–Crippen MR) is 89.3 cm³/mol. The van der Waals surface area contributed by atoms with Gasteiger partial charge in [0, 0.05) is 0 Å². The average molecular weight is 382 g/mol. The van der Waals surface area contributed by atoms with Crippen molar-refractivity contribution in [2.24, 2.45) is 5.73 Å². The average Bonchev–Trinajstić information content (AvgIpc) is 2.70. The SMILES string of the molecule is CCN[C@H]1C=C(S(=O)(=O)NC(=O)CN)SC2=C1C[C@H](C)S2(=O)=O. The van der Waals surface area contributed by atoms with E-state index in [4.69, 9.17) is 5.73 Å². The minimum absolute atomic E-state index is 0.0685. The molecule has 1 amide bonds. The maximum atomic E-state index is 12.4. The molecule has 0 aromatic rings. The molecule has 2 aliphatic rings. The Morgan fingerprint density at radius 3 is 2.70 bits per heavy atom. The van der Waals surface area contributed by atoms with Crippen molar-refractivity contribution < 1.29 is 21.6 Å². The number of carbonyl (C=O) groups is 1. The zero-order valence-corrected chi connectivity index (χ0v) is 15.1. The summed E-state index contributed by atoms with van der Waals surface area (Å²) in [6.07, 6.45) is 1.80. The summed E-state index contributed by atoms with van der Waals surface area (Å²) in [4.78, 5) is 11.3. The van der Waals surface area contributed by atoms with Gasteiger partial charge >= 0.3 is 0 Å². The van der Waals surface area contributed by atoms with E-state index in [0.717, 1.165) is 0 Å². The van der Waals surface area contributed by atoms with Crippen molar-refractivity contribution in [2.75, 3.05) is 13.1 Å². The van der Waals surface area contributed by atoms with Gasteiger partial charge in [0.1, 0.15) is 8.47 Å². The predicted octanol–water partition coefficient (Wildman–Crippen LogP) is -0.624. The van der Waals surface area contributed by atoms with Crippen molar-refractivity contribution in [1.82, 2.24) is 10.0 Å². The van der Waals surface area contributed by atoms with Crippen molar-refractivity contribution >= 4 is 37.5 Å². The Morgan fingerprint density at radius 2 is 2.13 bits per heavy atom. The first-order valence-electron chi connectivity index (χ1n) is 6.99. The number of sulfonamides is 1. The molecule has 2 atom stereocenters. The van der Waals surface area contributed by atoms with Crippen molar-refractivity contribution in [2.45, 2.75) is 31.6 Å². The van der Waals surface area contributed by atoms with Crippen LogP contribution in [0.4, 0.5) is 0 Å². The number of rotatable bonds is 5. The molecular formula is C12H19N3O5S3. The largest absolute Gasteiger partial charge is 0.322 e. The van der Waals surface area contributed by atoms with Crippen LogP contribution >= 0.6 is 11.8 Å². The highest BCUT2D eigenvalue weighted by molar-refractivity contribution is 8.28. The van der Waals surface area contributed by atoms with Crippen molar-refractivity contribution in [3.05, 3.63) is 20.1 Å². The van der Waals surface area contributed by atoms with E-state index in [1.807, 2.05) is 11.6 Å². The van der Waals surface area contributed by atoms with Crippen molar-refractivity contribution in [3.63, 3.8) is 0 Å². The first kappa shape index (κ1) is 18.5. The lowest BCUT2D eigenvalue weighted by molar-refractivity contribution is -0.117. The molecule has 0 aliphatic carbocycles. The van der Waals surface area contributed by atoms with E-state index in [-0.39, 0.29) is 8.47 Å². The van der Waals surface area contributed by atoms with Gasteiger partial charge < -0.3 is 11.1 Å². The van der Waals surface area contributed by atoms with E-state index in [2.05, 4.69) is 5.32 Å². The van der Waals surface area contributed by atoms with E-state index in [1.165, 1.54) is 6.08 Å². The second-order valence-electron chi connectivity index (χ2n) is 5.23. The number of nitrogens with one attached hydrogen (secondary N) is 2. The van der Waals surface area contributed by atoms with Crippen LogP contribution in [0.5, 0.6) is 0 Å². The Bertz CT molecular complexity index is 783. The molecule has 2 aliphatic heterocycles. The molecule has 0 spiro atoms. The summed E-state index contributed by atoms with van der Waals surface area (Å²) < 4.78 is 51.0. The Kier molecular flexibility index (Phi) is 5.26. The molecule has 4 N–H and O–H groups in total. The lowest BCUT2D eigenvalue weighted by Crippen LogP contribution is -2.37. The molecule has 2 rings (SSSR count). The monoisotopic (exact) mass is 381 g/mol. The standard InChI is InChI=1S/C12H19N3O5S3/c1-3-14-9-5-11(23(19,20)15-10(16)6-13)21-12-8(9)4-7(2)22(12,17)18/h5,7,9,14H,3-4,6,13H2,1-2H3,(H,15,16)/t7-,9-/m0/s1. The minimum Gasteiger partial charge on any atom is -0.322 e. The number of carbonyl (C=O) groups excluding carboxylic acids is 1. The van der Waals surface area contributed by atoms with Crippen LogP contribution < -0.4 is 15.8 Å². The van der Waals surface area contributed by atoms with Crippen LogP contribution in [0.25, 0.3) is 0 Å². The first-order valence-corrected chi connectivity index (χ1v) is 10.8. The van der Waals surface area contributed by atoms with Crippen LogP contribution in [-0.4, -0.2) is 47.1 Å². The molecule has 8 nitrogen and oxygen atoms in total. The van der Waals surface area contributed by atoms with Gasteiger partial charge in [-0.1, -0.05) is 18.7 Å². The smallest absolute Gasteiger partial charge is 0.270 e. The minimum atomic E-state index is -4.15. The molecular weight excluding hydrogens is 362 g/mol. The highest BCUT2D eigenvalue weighted by Gasteiger charge is 2.43. The van der Waals surface area contributed by atoms with E-state index in [1.54, 1.807) is 6.92 Å². The first-order chi connectivity index (χ1) is 10.6. The topological polar surface area (TPSA) is 135 Å². The van der Waals surface area contributed by atoms with E-state index in [0.29, 0.717) is 30.3 Å². The van der Waals surface area contributed by atoms with Gasteiger partial charge in [0.05, 0.1) is 17.8 Å². The summed E-state index contributed by atoms with van der Waals surface area (Å²) in [6.45, 7) is 3.51. The van der Waals surface area contributed by atoms with E-state index >= 15 is 0 Å².